The highest BCUT2D eigenvalue weighted by Crippen LogP contribution is 2.21. The van der Waals surface area contributed by atoms with Gasteiger partial charge in [-0.3, -0.25) is 9.69 Å². The third-order valence-electron chi connectivity index (χ3n) is 7.21. The lowest BCUT2D eigenvalue weighted by Crippen LogP contribution is -2.50. The maximum absolute atomic E-state index is 13.1. The molecule has 0 aliphatic carbocycles. The molecular weight excluding hydrogens is 568 g/mol. The van der Waals surface area contributed by atoms with Crippen molar-refractivity contribution in [2.45, 2.75) is 38.5 Å². The molecule has 0 saturated carbocycles. The smallest absolute Gasteiger partial charge is 0.410 e. The van der Waals surface area contributed by atoms with Crippen molar-refractivity contribution in [2.75, 3.05) is 19.6 Å². The first-order valence-corrected chi connectivity index (χ1v) is 15.0. The molecule has 0 aromatic heterocycles. The van der Waals surface area contributed by atoms with E-state index in [9.17, 15) is 14.4 Å². The minimum atomic E-state index is -0.885. The number of hydrogen-bond donors (Lipinski definition) is 3. The number of amides is 3. The highest BCUT2D eigenvalue weighted by atomic mass is 16.6. The topological polar surface area (TPSA) is 137 Å². The van der Waals surface area contributed by atoms with Gasteiger partial charge in [-0.15, -0.1) is 0 Å². The molecule has 5 N–H and O–H groups in total. The van der Waals surface area contributed by atoms with Gasteiger partial charge < -0.3 is 26.3 Å². The van der Waals surface area contributed by atoms with E-state index in [1.165, 1.54) is 4.90 Å². The Morgan fingerprint density at radius 2 is 1.44 bits per heavy atom. The van der Waals surface area contributed by atoms with Crippen LogP contribution < -0.4 is 16.8 Å². The highest BCUT2D eigenvalue weighted by molar-refractivity contribution is 5.87. The van der Waals surface area contributed by atoms with Gasteiger partial charge in [-0.1, -0.05) is 103 Å². The summed E-state index contributed by atoms with van der Waals surface area (Å²) in [7, 11) is 0. The Morgan fingerprint density at radius 3 is 2.11 bits per heavy atom. The molecule has 0 radical (unpaired) electrons. The van der Waals surface area contributed by atoms with E-state index in [4.69, 9.17) is 20.9 Å². The molecule has 4 aromatic carbocycles. The largest absolute Gasteiger partial charge is 0.445 e. The molecule has 45 heavy (non-hydrogen) atoms. The lowest BCUT2D eigenvalue weighted by Gasteiger charge is -2.29. The Labute approximate surface area is 263 Å². The van der Waals surface area contributed by atoms with E-state index in [1.807, 2.05) is 103 Å². The van der Waals surface area contributed by atoms with E-state index in [1.54, 1.807) is 0 Å². The second-order valence-electron chi connectivity index (χ2n) is 10.6. The van der Waals surface area contributed by atoms with Crippen molar-refractivity contribution in [2.24, 2.45) is 11.5 Å². The number of ether oxygens (including phenoxy) is 2. The summed E-state index contributed by atoms with van der Waals surface area (Å²) in [6.45, 7) is 1.40. The van der Waals surface area contributed by atoms with Crippen molar-refractivity contribution >= 4 is 34.9 Å². The Balaban J connectivity index is 1.32. The molecule has 0 aliphatic heterocycles. The van der Waals surface area contributed by atoms with Crippen LogP contribution in [0.5, 0.6) is 0 Å². The van der Waals surface area contributed by atoms with Crippen LogP contribution in [0.2, 0.25) is 0 Å². The number of fused-ring (bicyclic) bond motifs is 1. The van der Waals surface area contributed by atoms with Gasteiger partial charge in [-0.2, -0.15) is 0 Å². The van der Waals surface area contributed by atoms with Crippen LogP contribution in [0.25, 0.3) is 16.8 Å². The number of nitrogens with one attached hydrogen (secondary N) is 1. The van der Waals surface area contributed by atoms with Gasteiger partial charge in [-0.25, -0.2) is 9.59 Å². The molecular formula is C36H40N4O5. The molecule has 0 fully saturated rings. The highest BCUT2D eigenvalue weighted by Gasteiger charge is 2.29. The van der Waals surface area contributed by atoms with Crippen molar-refractivity contribution < 1.29 is 23.9 Å². The molecule has 234 valence electrons. The van der Waals surface area contributed by atoms with Gasteiger partial charge in [0.25, 0.3) is 0 Å². The lowest BCUT2D eigenvalue weighted by atomic mass is 9.99. The number of alkyl carbamates (subject to hydrolysis) is 1. The van der Waals surface area contributed by atoms with Crippen molar-refractivity contribution in [3.63, 3.8) is 0 Å². The summed E-state index contributed by atoms with van der Waals surface area (Å²) in [4.78, 5) is 38.9. The molecule has 0 saturated heterocycles. The number of rotatable bonds is 15. The third kappa shape index (κ3) is 10.5. The van der Waals surface area contributed by atoms with Crippen LogP contribution in [0.3, 0.4) is 0 Å². The molecule has 0 unspecified atom stereocenters. The number of primary amides is 1. The number of carbonyl (C=O) groups excluding carboxylic acids is 3. The van der Waals surface area contributed by atoms with Crippen molar-refractivity contribution in [3.8, 4) is 0 Å². The van der Waals surface area contributed by atoms with E-state index in [0.717, 1.165) is 33.0 Å². The minimum absolute atomic E-state index is 0.0921. The van der Waals surface area contributed by atoms with E-state index < -0.39 is 24.1 Å². The van der Waals surface area contributed by atoms with Crippen LogP contribution in [-0.4, -0.2) is 48.7 Å². The van der Waals surface area contributed by atoms with Crippen molar-refractivity contribution in [3.05, 3.63) is 125 Å². The lowest BCUT2D eigenvalue weighted by molar-refractivity contribution is -0.122. The summed E-state index contributed by atoms with van der Waals surface area (Å²) in [5.41, 5.74) is 15.2. The molecule has 0 aliphatic rings. The molecule has 4 aromatic rings. The van der Waals surface area contributed by atoms with Gasteiger partial charge in [0.05, 0.1) is 0 Å². The molecule has 4 rings (SSSR count). The van der Waals surface area contributed by atoms with Crippen LogP contribution in [0.15, 0.2) is 103 Å². The van der Waals surface area contributed by atoms with Gasteiger partial charge in [0.2, 0.25) is 5.91 Å². The summed E-state index contributed by atoms with van der Waals surface area (Å²) in [6, 6.07) is 30.0. The summed E-state index contributed by atoms with van der Waals surface area (Å²) in [6.07, 6.45) is 4.36. The van der Waals surface area contributed by atoms with Gasteiger partial charge in [-0.05, 0) is 58.5 Å². The van der Waals surface area contributed by atoms with E-state index >= 15 is 0 Å². The van der Waals surface area contributed by atoms with Gasteiger partial charge in [0.1, 0.15) is 19.3 Å². The normalized spacial score (nSPS) is 11.7. The van der Waals surface area contributed by atoms with Crippen LogP contribution in [0.1, 0.15) is 35.1 Å². The average molecular weight is 609 g/mol. The average Bonchev–Trinajstić information content (AvgIpc) is 3.06. The fourth-order valence-corrected chi connectivity index (χ4v) is 4.82. The number of benzene rings is 4. The van der Waals surface area contributed by atoms with Crippen LogP contribution in [0, 0.1) is 0 Å². The summed E-state index contributed by atoms with van der Waals surface area (Å²) < 4.78 is 10.8. The minimum Gasteiger partial charge on any atom is -0.445 e. The zero-order chi connectivity index (χ0) is 31.9. The van der Waals surface area contributed by atoms with Gasteiger partial charge >= 0.3 is 12.2 Å². The fraction of sp³-hybridized carbons (Fsp3) is 0.250. The van der Waals surface area contributed by atoms with Crippen LogP contribution in [0.4, 0.5) is 9.59 Å². The molecule has 9 heteroatoms. The predicted octanol–water partition coefficient (Wildman–Crippen LogP) is 5.55. The maximum Gasteiger partial charge on any atom is 0.410 e. The monoisotopic (exact) mass is 608 g/mol. The van der Waals surface area contributed by atoms with Crippen molar-refractivity contribution in [1.82, 2.24) is 10.2 Å². The first-order chi connectivity index (χ1) is 21.9. The van der Waals surface area contributed by atoms with Crippen molar-refractivity contribution in [1.29, 1.82) is 0 Å². The first-order valence-electron chi connectivity index (χ1n) is 15.0. The standard InChI is InChI=1S/C36H40N4O5/c37-19-9-21-40(36(43)45-26-29-13-5-2-6-14-29)33(34(38)41)24-30-16-18-31-22-27(15-17-32(31)23-30)10-7-8-20-39-35(42)44-25-28-11-3-1-4-12-28/h1-7,10-18,22-23,33H,8-9,19-21,24-26,37H2,(H2,38,41)(H,39,42)/b10-7+/t33-/m0/s1. The van der Waals surface area contributed by atoms with Crippen LogP contribution >= 0.6 is 0 Å². The molecule has 0 bridgehead atoms. The maximum atomic E-state index is 13.1. The molecule has 0 spiro atoms. The molecule has 9 nitrogen and oxygen atoms in total. The fourth-order valence-electron chi connectivity index (χ4n) is 4.82. The van der Waals surface area contributed by atoms with E-state index in [0.29, 0.717) is 25.9 Å². The quantitative estimate of drug-likeness (QED) is 0.151. The molecule has 1 atom stereocenters. The summed E-state index contributed by atoms with van der Waals surface area (Å²) >= 11 is 0. The van der Waals surface area contributed by atoms with E-state index in [2.05, 4.69) is 11.4 Å². The second-order valence-corrected chi connectivity index (χ2v) is 10.6. The Kier molecular flexibility index (Phi) is 12.5. The predicted molar refractivity (Wildman–Crippen MR) is 176 cm³/mol. The number of hydrogen-bond acceptors (Lipinski definition) is 6. The summed E-state index contributed by atoms with van der Waals surface area (Å²) in [5, 5.41) is 4.78. The van der Waals surface area contributed by atoms with E-state index in [-0.39, 0.29) is 26.2 Å². The Bertz CT molecular complexity index is 1580. The number of carbonyl (C=O) groups is 3. The van der Waals surface area contributed by atoms with Crippen LogP contribution in [-0.2, 0) is 33.9 Å². The van der Waals surface area contributed by atoms with Gasteiger partial charge in [0.15, 0.2) is 0 Å². The second kappa shape index (κ2) is 17.2. The number of nitrogens with two attached hydrogens (primary N) is 2. The zero-order valence-corrected chi connectivity index (χ0v) is 25.3. The zero-order valence-electron chi connectivity index (χ0n) is 25.3. The first kappa shape index (κ1) is 32.8. The number of nitrogens with zero attached hydrogens (tertiary/aromatic N) is 1. The molecule has 3 amide bonds. The Hall–Kier alpha value is -5.15. The third-order valence-corrected chi connectivity index (χ3v) is 7.21. The van der Waals surface area contributed by atoms with Gasteiger partial charge in [0, 0.05) is 19.5 Å². The SMILES string of the molecule is NCCCN(C(=O)OCc1ccccc1)[C@@H](Cc1ccc2cc(/C=C/CCNC(=O)OCc3ccccc3)ccc2c1)C(N)=O. The summed E-state index contributed by atoms with van der Waals surface area (Å²) in [5.74, 6) is -0.608. The molecule has 0 heterocycles. The Morgan fingerprint density at radius 1 is 0.800 bits per heavy atom.